The van der Waals surface area contributed by atoms with Crippen LogP contribution in [0, 0.1) is 10.6 Å². The first kappa shape index (κ1) is 9.45. The molecule has 2 aromatic heterocycles. The van der Waals surface area contributed by atoms with Crippen molar-refractivity contribution >= 4 is 34.2 Å². The Bertz CT molecular complexity index is 519. The zero-order valence-corrected chi connectivity index (χ0v) is 9.52. The van der Waals surface area contributed by atoms with E-state index in [4.69, 9.17) is 5.11 Å². The summed E-state index contributed by atoms with van der Waals surface area (Å²) in [7, 11) is 0. The van der Waals surface area contributed by atoms with Crippen LogP contribution >= 0.6 is 22.6 Å². The maximum absolute atomic E-state index is 10.8. The van der Waals surface area contributed by atoms with E-state index in [9.17, 15) is 4.79 Å². The highest BCUT2D eigenvalue weighted by molar-refractivity contribution is 14.1. The molecule has 1 N–H and O–H groups in total. The molecule has 0 aliphatic carbocycles. The molecule has 0 unspecified atom stereocenters. The predicted octanol–water partition coefficient (Wildman–Crippen LogP) is 1.95. The Hall–Kier alpha value is -1.11. The highest BCUT2D eigenvalue weighted by atomic mass is 127. The van der Waals surface area contributed by atoms with Crippen molar-refractivity contribution in [2.75, 3.05) is 0 Å². The average molecular weight is 302 g/mol. The van der Waals surface area contributed by atoms with Crippen LogP contribution in [-0.2, 0) is 0 Å². The second kappa shape index (κ2) is 3.23. The minimum Gasteiger partial charge on any atom is -0.478 e. The Morgan fingerprint density at radius 1 is 1.64 bits per heavy atom. The van der Waals surface area contributed by atoms with Crippen LogP contribution in [0.2, 0.25) is 0 Å². The van der Waals surface area contributed by atoms with E-state index in [1.165, 1.54) is 0 Å². The number of pyridine rings is 1. The molecule has 0 aliphatic rings. The number of imidazole rings is 1. The van der Waals surface area contributed by atoms with Crippen molar-refractivity contribution in [3.05, 3.63) is 33.3 Å². The molecular weight excluding hydrogens is 295 g/mol. The first-order chi connectivity index (χ1) is 6.59. The SMILES string of the molecule is Cc1cc(C(=O)O)cn2c(I)cnc12. The maximum atomic E-state index is 10.8. The number of hydrogen-bond acceptors (Lipinski definition) is 2. The average Bonchev–Trinajstić information content (AvgIpc) is 2.48. The fraction of sp³-hybridized carbons (Fsp3) is 0.111. The van der Waals surface area contributed by atoms with Crippen LogP contribution in [0.5, 0.6) is 0 Å². The molecule has 0 saturated carbocycles. The summed E-state index contributed by atoms with van der Waals surface area (Å²) in [4.78, 5) is 15.0. The van der Waals surface area contributed by atoms with Crippen molar-refractivity contribution in [1.82, 2.24) is 9.38 Å². The molecule has 0 aliphatic heterocycles. The third kappa shape index (κ3) is 1.37. The summed E-state index contributed by atoms with van der Waals surface area (Å²) in [5.74, 6) is -0.917. The number of nitrogens with zero attached hydrogens (tertiary/aromatic N) is 2. The van der Waals surface area contributed by atoms with Crippen molar-refractivity contribution in [2.45, 2.75) is 6.92 Å². The molecule has 0 saturated heterocycles. The van der Waals surface area contributed by atoms with Crippen molar-refractivity contribution in [3.8, 4) is 0 Å². The molecule has 0 spiro atoms. The summed E-state index contributed by atoms with van der Waals surface area (Å²) in [6.07, 6.45) is 3.30. The lowest BCUT2D eigenvalue weighted by molar-refractivity contribution is 0.0696. The van der Waals surface area contributed by atoms with E-state index in [2.05, 4.69) is 27.6 Å². The minimum atomic E-state index is -0.917. The van der Waals surface area contributed by atoms with Gasteiger partial charge in [-0.15, -0.1) is 0 Å². The fourth-order valence-electron chi connectivity index (χ4n) is 1.35. The van der Waals surface area contributed by atoms with Crippen molar-refractivity contribution < 1.29 is 9.90 Å². The van der Waals surface area contributed by atoms with Gasteiger partial charge in [0.2, 0.25) is 0 Å². The number of carboxylic acids is 1. The predicted molar refractivity (Wildman–Crippen MR) is 59.6 cm³/mol. The fourth-order valence-corrected chi connectivity index (χ4v) is 1.85. The Morgan fingerprint density at radius 3 is 3.00 bits per heavy atom. The minimum absolute atomic E-state index is 0.283. The summed E-state index contributed by atoms with van der Waals surface area (Å²) in [6.45, 7) is 1.85. The van der Waals surface area contributed by atoms with Gasteiger partial charge in [0.05, 0.1) is 11.8 Å². The van der Waals surface area contributed by atoms with Crippen LogP contribution in [0.3, 0.4) is 0 Å². The normalized spacial score (nSPS) is 10.7. The highest BCUT2D eigenvalue weighted by Crippen LogP contribution is 2.15. The Balaban J connectivity index is 2.82. The number of aromatic nitrogens is 2. The van der Waals surface area contributed by atoms with Crippen LogP contribution in [0.4, 0.5) is 0 Å². The van der Waals surface area contributed by atoms with Crippen molar-refractivity contribution in [2.24, 2.45) is 0 Å². The third-order valence-electron chi connectivity index (χ3n) is 1.99. The van der Waals surface area contributed by atoms with Crippen LogP contribution in [0.1, 0.15) is 15.9 Å². The van der Waals surface area contributed by atoms with Gasteiger partial charge in [-0.2, -0.15) is 0 Å². The number of rotatable bonds is 1. The van der Waals surface area contributed by atoms with Crippen molar-refractivity contribution in [3.63, 3.8) is 0 Å². The molecule has 0 fully saturated rings. The van der Waals surface area contributed by atoms with Crippen LogP contribution in [0.25, 0.3) is 5.65 Å². The zero-order valence-electron chi connectivity index (χ0n) is 7.36. The number of carbonyl (C=O) groups is 1. The molecule has 72 valence electrons. The van der Waals surface area contributed by atoms with E-state index >= 15 is 0 Å². The van der Waals surface area contributed by atoms with Gasteiger partial charge in [0.15, 0.2) is 0 Å². The standard InChI is InChI=1S/C9H7IN2O2/c1-5-2-6(9(13)14)4-12-7(10)3-11-8(5)12/h2-4H,1H3,(H,13,14). The second-order valence-corrected chi connectivity index (χ2v) is 4.10. The summed E-state index contributed by atoms with van der Waals surface area (Å²) in [5.41, 5.74) is 1.96. The molecule has 5 heteroatoms. The van der Waals surface area contributed by atoms with Gasteiger partial charge in [-0.3, -0.25) is 4.40 Å². The van der Waals surface area contributed by atoms with Gasteiger partial charge in [-0.25, -0.2) is 9.78 Å². The molecule has 0 amide bonds. The monoisotopic (exact) mass is 302 g/mol. The number of halogens is 1. The maximum Gasteiger partial charge on any atom is 0.337 e. The van der Waals surface area contributed by atoms with Gasteiger partial charge in [-0.1, -0.05) is 0 Å². The molecule has 14 heavy (non-hydrogen) atoms. The van der Waals surface area contributed by atoms with E-state index in [1.54, 1.807) is 22.9 Å². The number of aromatic carboxylic acids is 1. The Labute approximate surface area is 93.7 Å². The molecule has 2 heterocycles. The van der Waals surface area contributed by atoms with E-state index in [-0.39, 0.29) is 5.56 Å². The smallest absolute Gasteiger partial charge is 0.337 e. The second-order valence-electron chi connectivity index (χ2n) is 2.99. The molecule has 0 atom stereocenters. The van der Waals surface area contributed by atoms with Gasteiger partial charge in [-0.05, 0) is 41.1 Å². The lowest BCUT2D eigenvalue weighted by Crippen LogP contribution is -2.01. The summed E-state index contributed by atoms with van der Waals surface area (Å²) >= 11 is 2.12. The van der Waals surface area contributed by atoms with Gasteiger partial charge in [0, 0.05) is 6.20 Å². The molecular formula is C9H7IN2O2. The molecule has 2 aromatic rings. The van der Waals surface area contributed by atoms with E-state index < -0.39 is 5.97 Å². The van der Waals surface area contributed by atoms with E-state index in [0.29, 0.717) is 0 Å². The lowest BCUT2D eigenvalue weighted by Gasteiger charge is -2.01. The van der Waals surface area contributed by atoms with Gasteiger partial charge in [0.1, 0.15) is 9.35 Å². The van der Waals surface area contributed by atoms with Gasteiger partial charge >= 0.3 is 5.97 Å². The first-order valence-electron chi connectivity index (χ1n) is 3.96. The summed E-state index contributed by atoms with van der Waals surface area (Å²) in [6, 6.07) is 1.63. The van der Waals surface area contributed by atoms with Gasteiger partial charge in [0.25, 0.3) is 0 Å². The molecule has 2 rings (SSSR count). The first-order valence-corrected chi connectivity index (χ1v) is 5.04. The lowest BCUT2D eigenvalue weighted by atomic mass is 10.2. The topological polar surface area (TPSA) is 54.6 Å². The van der Waals surface area contributed by atoms with E-state index in [0.717, 1.165) is 14.9 Å². The zero-order chi connectivity index (χ0) is 10.3. The highest BCUT2D eigenvalue weighted by Gasteiger charge is 2.09. The van der Waals surface area contributed by atoms with Crippen LogP contribution < -0.4 is 0 Å². The van der Waals surface area contributed by atoms with Crippen LogP contribution in [0.15, 0.2) is 18.5 Å². The van der Waals surface area contributed by atoms with Crippen LogP contribution in [-0.4, -0.2) is 20.5 Å². The number of aryl methyl sites for hydroxylation is 1. The Kier molecular flexibility index (Phi) is 2.18. The van der Waals surface area contributed by atoms with Gasteiger partial charge < -0.3 is 5.11 Å². The number of hydrogen-bond donors (Lipinski definition) is 1. The number of fused-ring (bicyclic) bond motifs is 1. The molecule has 0 radical (unpaired) electrons. The molecule has 0 bridgehead atoms. The summed E-state index contributed by atoms with van der Waals surface area (Å²) in [5, 5.41) is 8.86. The van der Waals surface area contributed by atoms with E-state index in [1.807, 2.05) is 6.92 Å². The number of carboxylic acid groups (broad SMARTS) is 1. The molecule has 0 aromatic carbocycles. The Morgan fingerprint density at radius 2 is 2.36 bits per heavy atom. The molecule has 4 nitrogen and oxygen atoms in total. The van der Waals surface area contributed by atoms with Crippen molar-refractivity contribution in [1.29, 1.82) is 0 Å². The largest absolute Gasteiger partial charge is 0.478 e. The quantitative estimate of drug-likeness (QED) is 0.819. The summed E-state index contributed by atoms with van der Waals surface area (Å²) < 4.78 is 2.68. The third-order valence-corrected chi connectivity index (χ3v) is 2.79.